The first-order valence-electron chi connectivity index (χ1n) is 6.05. The van der Waals surface area contributed by atoms with Gasteiger partial charge < -0.3 is 4.90 Å². The van der Waals surface area contributed by atoms with Crippen molar-refractivity contribution in [2.24, 2.45) is 0 Å². The second-order valence-electron chi connectivity index (χ2n) is 4.70. The van der Waals surface area contributed by atoms with Crippen LogP contribution in [0.5, 0.6) is 0 Å². The van der Waals surface area contributed by atoms with Gasteiger partial charge in [-0.05, 0) is 56.9 Å². The Balaban J connectivity index is 2.28. The molecule has 1 atom stereocenters. The number of carbonyl (C=O) groups excluding carboxylic acids is 1. The van der Waals surface area contributed by atoms with Crippen LogP contribution in [0.1, 0.15) is 42.1 Å². The summed E-state index contributed by atoms with van der Waals surface area (Å²) in [6, 6.07) is 6.59. The minimum Gasteiger partial charge on any atom is -0.369 e. The van der Waals surface area contributed by atoms with E-state index in [4.69, 9.17) is 0 Å². The Hall–Kier alpha value is -1.31. The van der Waals surface area contributed by atoms with Gasteiger partial charge in [0.15, 0.2) is 0 Å². The highest BCUT2D eigenvalue weighted by Crippen LogP contribution is 2.27. The number of piperidine rings is 1. The minimum atomic E-state index is 0.620. The molecule has 1 aliphatic rings. The van der Waals surface area contributed by atoms with Crippen LogP contribution in [0.3, 0.4) is 0 Å². The molecule has 16 heavy (non-hydrogen) atoms. The first-order chi connectivity index (χ1) is 7.72. The van der Waals surface area contributed by atoms with E-state index in [9.17, 15) is 4.79 Å². The summed E-state index contributed by atoms with van der Waals surface area (Å²) in [5, 5.41) is 0. The van der Waals surface area contributed by atoms with Gasteiger partial charge in [-0.25, -0.2) is 0 Å². The zero-order valence-corrected chi connectivity index (χ0v) is 10.1. The Labute approximate surface area is 97.3 Å². The molecule has 1 unspecified atom stereocenters. The summed E-state index contributed by atoms with van der Waals surface area (Å²) >= 11 is 0. The number of hydrogen-bond donors (Lipinski definition) is 0. The standard InChI is InChI=1S/C14H19NO/c1-11-9-13(10-16)6-7-14(11)15-8-4-3-5-12(15)2/h6-7,9-10,12H,3-5,8H2,1-2H3. The van der Waals surface area contributed by atoms with Gasteiger partial charge in [-0.3, -0.25) is 4.79 Å². The topological polar surface area (TPSA) is 20.3 Å². The quantitative estimate of drug-likeness (QED) is 0.709. The molecule has 1 fully saturated rings. The van der Waals surface area contributed by atoms with E-state index in [2.05, 4.69) is 24.8 Å². The fraction of sp³-hybridized carbons (Fsp3) is 0.500. The third-order valence-electron chi connectivity index (χ3n) is 3.47. The molecule has 2 rings (SSSR count). The lowest BCUT2D eigenvalue weighted by molar-refractivity contribution is 0.112. The molecule has 0 amide bonds. The van der Waals surface area contributed by atoms with Gasteiger partial charge in [0.05, 0.1) is 0 Å². The summed E-state index contributed by atoms with van der Waals surface area (Å²) in [4.78, 5) is 13.2. The maximum absolute atomic E-state index is 10.7. The van der Waals surface area contributed by atoms with E-state index in [1.54, 1.807) is 0 Å². The molecule has 1 aromatic rings. The van der Waals surface area contributed by atoms with Crippen LogP contribution in [-0.2, 0) is 0 Å². The smallest absolute Gasteiger partial charge is 0.150 e. The molecule has 0 bridgehead atoms. The normalized spacial score (nSPS) is 20.9. The number of hydrogen-bond acceptors (Lipinski definition) is 2. The molecule has 86 valence electrons. The Morgan fingerprint density at radius 2 is 2.19 bits per heavy atom. The van der Waals surface area contributed by atoms with Gasteiger partial charge in [-0.2, -0.15) is 0 Å². The van der Waals surface area contributed by atoms with Gasteiger partial charge in [0.1, 0.15) is 6.29 Å². The van der Waals surface area contributed by atoms with E-state index < -0.39 is 0 Å². The van der Waals surface area contributed by atoms with Gasteiger partial charge >= 0.3 is 0 Å². The molecule has 2 nitrogen and oxygen atoms in total. The maximum atomic E-state index is 10.7. The van der Waals surface area contributed by atoms with Crippen LogP contribution in [0, 0.1) is 6.92 Å². The van der Waals surface area contributed by atoms with Crippen molar-refractivity contribution in [3.05, 3.63) is 29.3 Å². The summed E-state index contributed by atoms with van der Waals surface area (Å²) in [6.45, 7) is 5.51. The third-order valence-corrected chi connectivity index (χ3v) is 3.47. The number of aryl methyl sites for hydroxylation is 1. The van der Waals surface area contributed by atoms with Crippen molar-refractivity contribution >= 4 is 12.0 Å². The summed E-state index contributed by atoms with van der Waals surface area (Å²) < 4.78 is 0. The monoisotopic (exact) mass is 217 g/mol. The summed E-state index contributed by atoms with van der Waals surface area (Å²) in [7, 11) is 0. The van der Waals surface area contributed by atoms with Crippen molar-refractivity contribution < 1.29 is 4.79 Å². The van der Waals surface area contributed by atoms with Crippen molar-refractivity contribution in [1.82, 2.24) is 0 Å². The SMILES string of the molecule is Cc1cc(C=O)ccc1N1CCCCC1C. The van der Waals surface area contributed by atoms with Crippen molar-refractivity contribution in [1.29, 1.82) is 0 Å². The van der Waals surface area contributed by atoms with Crippen LogP contribution in [0.25, 0.3) is 0 Å². The zero-order valence-electron chi connectivity index (χ0n) is 10.1. The van der Waals surface area contributed by atoms with Crippen LogP contribution >= 0.6 is 0 Å². The predicted molar refractivity (Wildman–Crippen MR) is 67.2 cm³/mol. The van der Waals surface area contributed by atoms with Crippen molar-refractivity contribution in [3.8, 4) is 0 Å². The molecule has 2 heteroatoms. The number of carbonyl (C=O) groups is 1. The molecular formula is C14H19NO. The van der Waals surface area contributed by atoms with Crippen molar-refractivity contribution in [3.63, 3.8) is 0 Å². The number of nitrogens with zero attached hydrogens (tertiary/aromatic N) is 1. The van der Waals surface area contributed by atoms with E-state index >= 15 is 0 Å². The molecule has 1 aromatic carbocycles. The third kappa shape index (κ3) is 2.11. The first kappa shape index (κ1) is 11.2. The minimum absolute atomic E-state index is 0.620. The number of benzene rings is 1. The zero-order chi connectivity index (χ0) is 11.5. The van der Waals surface area contributed by atoms with E-state index in [0.29, 0.717) is 6.04 Å². The summed E-state index contributed by atoms with van der Waals surface area (Å²) in [6.07, 6.45) is 4.80. The van der Waals surface area contributed by atoms with Crippen LogP contribution in [-0.4, -0.2) is 18.9 Å². The Bertz CT molecular complexity index is 386. The molecular weight excluding hydrogens is 198 g/mol. The van der Waals surface area contributed by atoms with E-state index in [-0.39, 0.29) is 0 Å². The number of rotatable bonds is 2. The largest absolute Gasteiger partial charge is 0.369 e. The lowest BCUT2D eigenvalue weighted by atomic mass is 10.0. The lowest BCUT2D eigenvalue weighted by Crippen LogP contribution is -2.37. The van der Waals surface area contributed by atoms with Gasteiger partial charge in [0, 0.05) is 23.8 Å². The second-order valence-corrected chi connectivity index (χ2v) is 4.70. The van der Waals surface area contributed by atoms with E-state index in [1.165, 1.54) is 30.5 Å². The molecule has 1 aliphatic heterocycles. The highest BCUT2D eigenvalue weighted by atomic mass is 16.1. The lowest BCUT2D eigenvalue weighted by Gasteiger charge is -2.36. The average Bonchev–Trinajstić information content (AvgIpc) is 2.30. The fourth-order valence-corrected chi connectivity index (χ4v) is 2.53. The highest BCUT2D eigenvalue weighted by Gasteiger charge is 2.19. The van der Waals surface area contributed by atoms with Crippen LogP contribution in [0.4, 0.5) is 5.69 Å². The number of aldehydes is 1. The molecule has 0 radical (unpaired) electrons. The Morgan fingerprint density at radius 1 is 1.38 bits per heavy atom. The molecule has 0 saturated carbocycles. The van der Waals surface area contributed by atoms with E-state index in [1.807, 2.05) is 12.1 Å². The average molecular weight is 217 g/mol. The van der Waals surface area contributed by atoms with Gasteiger partial charge in [0.25, 0.3) is 0 Å². The molecule has 0 N–H and O–H groups in total. The van der Waals surface area contributed by atoms with E-state index in [0.717, 1.165) is 18.4 Å². The van der Waals surface area contributed by atoms with Crippen LogP contribution < -0.4 is 4.90 Å². The maximum Gasteiger partial charge on any atom is 0.150 e. The molecule has 1 saturated heterocycles. The highest BCUT2D eigenvalue weighted by molar-refractivity contribution is 5.77. The Morgan fingerprint density at radius 3 is 2.81 bits per heavy atom. The molecule has 0 aliphatic carbocycles. The van der Waals surface area contributed by atoms with Crippen LogP contribution in [0.15, 0.2) is 18.2 Å². The van der Waals surface area contributed by atoms with Crippen molar-refractivity contribution in [2.45, 2.75) is 39.2 Å². The fourth-order valence-electron chi connectivity index (χ4n) is 2.53. The summed E-state index contributed by atoms with van der Waals surface area (Å²) in [5.41, 5.74) is 3.27. The van der Waals surface area contributed by atoms with Gasteiger partial charge in [0.2, 0.25) is 0 Å². The summed E-state index contributed by atoms with van der Waals surface area (Å²) in [5.74, 6) is 0. The molecule has 0 aromatic heterocycles. The second kappa shape index (κ2) is 4.69. The first-order valence-corrected chi connectivity index (χ1v) is 6.05. The van der Waals surface area contributed by atoms with Gasteiger partial charge in [-0.15, -0.1) is 0 Å². The Kier molecular flexibility index (Phi) is 3.28. The molecule has 1 heterocycles. The number of anilines is 1. The predicted octanol–water partition coefficient (Wildman–Crippen LogP) is 3.19. The van der Waals surface area contributed by atoms with Crippen molar-refractivity contribution in [2.75, 3.05) is 11.4 Å². The van der Waals surface area contributed by atoms with Gasteiger partial charge in [-0.1, -0.05) is 0 Å². The molecule has 0 spiro atoms. The van der Waals surface area contributed by atoms with Crippen LogP contribution in [0.2, 0.25) is 0 Å².